The highest BCUT2D eigenvalue weighted by Gasteiger charge is 2.41. The first-order chi connectivity index (χ1) is 18.6. The number of aliphatic imine (C=N–C) groups is 1. The van der Waals surface area contributed by atoms with E-state index in [2.05, 4.69) is 4.99 Å². The molecule has 2 atom stereocenters. The molecule has 39 heavy (non-hydrogen) atoms. The molecule has 0 fully saturated rings. The van der Waals surface area contributed by atoms with Crippen molar-refractivity contribution in [2.45, 2.75) is 36.2 Å². The minimum atomic E-state index is -4.58. The molecule has 4 aromatic rings. The number of amides is 2. The third-order valence-corrected chi connectivity index (χ3v) is 9.25. The van der Waals surface area contributed by atoms with Gasteiger partial charge in [0.15, 0.2) is 5.96 Å². The van der Waals surface area contributed by atoms with Crippen LogP contribution in [0.1, 0.15) is 18.4 Å². The quantitative estimate of drug-likeness (QED) is 0.121. The van der Waals surface area contributed by atoms with E-state index in [0.29, 0.717) is 27.1 Å². The van der Waals surface area contributed by atoms with Crippen molar-refractivity contribution in [2.24, 2.45) is 27.9 Å². The summed E-state index contributed by atoms with van der Waals surface area (Å²) >= 11 is 1.45. The maximum Gasteiger partial charge on any atom is 0.267 e. The highest BCUT2D eigenvalue weighted by Crippen LogP contribution is 2.31. The smallest absolute Gasteiger partial charge is 0.267 e. The van der Waals surface area contributed by atoms with Gasteiger partial charge in [-0.1, -0.05) is 54.6 Å². The number of hydrogen-bond acceptors (Lipinski definition) is 7. The Labute approximate surface area is 230 Å². The Morgan fingerprint density at radius 2 is 1.59 bits per heavy atom. The number of thiophene rings is 1. The Bertz CT molecular complexity index is 1640. The zero-order valence-corrected chi connectivity index (χ0v) is 22.7. The van der Waals surface area contributed by atoms with Crippen molar-refractivity contribution in [1.82, 2.24) is 4.31 Å². The van der Waals surface area contributed by atoms with E-state index in [4.69, 9.17) is 22.9 Å². The van der Waals surface area contributed by atoms with Crippen molar-refractivity contribution in [2.75, 3.05) is 6.54 Å². The summed E-state index contributed by atoms with van der Waals surface area (Å²) in [5.41, 5.74) is 23.4. The molecule has 8 N–H and O–H groups in total. The maximum atomic E-state index is 14.2. The predicted octanol–water partition coefficient (Wildman–Crippen LogP) is 2.05. The molecule has 0 radical (unpaired) electrons. The molecule has 2 amide bonds. The van der Waals surface area contributed by atoms with Crippen LogP contribution in [0, 0.1) is 0 Å². The van der Waals surface area contributed by atoms with E-state index in [0.717, 1.165) is 10.1 Å². The molecule has 3 aromatic carbocycles. The van der Waals surface area contributed by atoms with E-state index in [1.165, 1.54) is 17.4 Å². The van der Waals surface area contributed by atoms with Crippen LogP contribution in [0.15, 0.2) is 82.0 Å². The molecule has 0 aliphatic carbocycles. The maximum absolute atomic E-state index is 14.2. The number of carbonyl (C=O) groups excluding carboxylic acids is 2. The van der Waals surface area contributed by atoms with Gasteiger partial charge in [-0.05, 0) is 46.7 Å². The van der Waals surface area contributed by atoms with Gasteiger partial charge in [0.25, 0.3) is 15.9 Å². The van der Waals surface area contributed by atoms with Gasteiger partial charge in [-0.3, -0.25) is 14.6 Å². The summed E-state index contributed by atoms with van der Waals surface area (Å²) in [6, 6.07) is 16.4. The van der Waals surface area contributed by atoms with Gasteiger partial charge in [-0.15, -0.1) is 11.3 Å². The fraction of sp³-hybridized carbons (Fsp3) is 0.222. The lowest BCUT2D eigenvalue weighted by Crippen LogP contribution is -2.56. The number of nitrogens with two attached hydrogens (primary N) is 4. The van der Waals surface area contributed by atoms with E-state index in [1.807, 2.05) is 29.6 Å². The minimum absolute atomic E-state index is 0.0873. The molecular formula is C27H30N6O4S2. The van der Waals surface area contributed by atoms with Crippen molar-refractivity contribution in [3.05, 3.63) is 77.7 Å². The van der Waals surface area contributed by atoms with Crippen molar-refractivity contribution < 1.29 is 18.0 Å². The lowest BCUT2D eigenvalue weighted by atomic mass is 10.0. The topological polar surface area (TPSA) is 188 Å². The summed E-state index contributed by atoms with van der Waals surface area (Å²) in [6.45, 7) is 0.208. The minimum Gasteiger partial charge on any atom is -0.370 e. The van der Waals surface area contributed by atoms with Gasteiger partial charge in [-0.2, -0.15) is 0 Å². The number of primary amides is 1. The summed E-state index contributed by atoms with van der Waals surface area (Å²) in [7, 11) is -4.58. The number of guanidine groups is 1. The number of benzene rings is 3. The number of carbonyl (C=O) groups is 2. The van der Waals surface area contributed by atoms with Gasteiger partial charge in [0.1, 0.15) is 6.04 Å². The van der Waals surface area contributed by atoms with Crippen LogP contribution in [0.4, 0.5) is 0 Å². The highest BCUT2D eigenvalue weighted by molar-refractivity contribution is 7.90. The summed E-state index contributed by atoms with van der Waals surface area (Å²) < 4.78 is 30.0. The summed E-state index contributed by atoms with van der Waals surface area (Å²) in [5.74, 6) is -2.00. The normalized spacial score (nSPS) is 13.2. The van der Waals surface area contributed by atoms with Gasteiger partial charge in [0.05, 0.1) is 10.9 Å². The lowest BCUT2D eigenvalue weighted by molar-refractivity contribution is -0.134. The van der Waals surface area contributed by atoms with E-state index < -0.39 is 33.9 Å². The van der Waals surface area contributed by atoms with Crippen LogP contribution in [0.2, 0.25) is 0 Å². The molecule has 204 valence electrons. The Kier molecular flexibility index (Phi) is 8.48. The molecule has 12 heteroatoms. The standard InChI is InChI=1S/C27H30N6O4S2/c28-21(11-6-14-32-27(30)31)26(35)33(39(36,37)24-13-5-8-17-7-1-2-10-20(17)24)22(25(29)34)15-18-16-38-23-12-4-3-9-19(18)23/h1-5,7-10,12-13,16,21-22H,6,11,14-15,28H2,(H2,29,34)(H4,30,31,32)/t21-,22+/m0/s1. The van der Waals surface area contributed by atoms with E-state index in [-0.39, 0.29) is 30.2 Å². The summed E-state index contributed by atoms with van der Waals surface area (Å²) in [4.78, 5) is 30.4. The average Bonchev–Trinajstić information content (AvgIpc) is 3.32. The number of sulfonamides is 1. The zero-order valence-electron chi connectivity index (χ0n) is 21.1. The number of hydrogen-bond donors (Lipinski definition) is 4. The Morgan fingerprint density at radius 3 is 2.31 bits per heavy atom. The molecule has 10 nitrogen and oxygen atoms in total. The fourth-order valence-corrected chi connectivity index (χ4v) is 7.26. The first-order valence-corrected chi connectivity index (χ1v) is 14.5. The van der Waals surface area contributed by atoms with Crippen LogP contribution >= 0.6 is 11.3 Å². The van der Waals surface area contributed by atoms with Gasteiger partial charge in [0.2, 0.25) is 5.91 Å². The van der Waals surface area contributed by atoms with Crippen LogP contribution in [-0.4, -0.2) is 49.1 Å². The van der Waals surface area contributed by atoms with E-state index in [9.17, 15) is 18.0 Å². The molecule has 0 bridgehead atoms. The monoisotopic (exact) mass is 566 g/mol. The van der Waals surface area contributed by atoms with Crippen LogP contribution in [0.3, 0.4) is 0 Å². The number of rotatable bonds is 11. The van der Waals surface area contributed by atoms with E-state index >= 15 is 0 Å². The van der Waals surface area contributed by atoms with Crippen molar-refractivity contribution >= 4 is 60.0 Å². The van der Waals surface area contributed by atoms with Crippen molar-refractivity contribution in [3.63, 3.8) is 0 Å². The Morgan fingerprint density at radius 1 is 0.923 bits per heavy atom. The third kappa shape index (κ3) is 6.03. The van der Waals surface area contributed by atoms with Crippen LogP contribution in [0.25, 0.3) is 20.9 Å². The molecular weight excluding hydrogens is 536 g/mol. The third-order valence-electron chi connectivity index (χ3n) is 6.37. The van der Waals surface area contributed by atoms with Crippen molar-refractivity contribution in [1.29, 1.82) is 0 Å². The average molecular weight is 567 g/mol. The second-order valence-electron chi connectivity index (χ2n) is 9.05. The fourth-order valence-electron chi connectivity index (χ4n) is 4.47. The largest absolute Gasteiger partial charge is 0.370 e. The Hall–Kier alpha value is -4.00. The Balaban J connectivity index is 1.79. The number of fused-ring (bicyclic) bond motifs is 2. The summed E-state index contributed by atoms with van der Waals surface area (Å²) in [5, 5.41) is 3.75. The van der Waals surface area contributed by atoms with Crippen LogP contribution < -0.4 is 22.9 Å². The molecule has 0 saturated heterocycles. The molecule has 1 heterocycles. The van der Waals surface area contributed by atoms with Crippen LogP contribution in [-0.2, 0) is 26.0 Å². The SMILES string of the molecule is NC(=O)[C@@H](Cc1csc2ccccc12)N(C(=O)[C@@H](N)CCCN=C(N)N)S(=O)(=O)c1cccc2ccccc12. The van der Waals surface area contributed by atoms with Gasteiger partial charge < -0.3 is 22.9 Å². The van der Waals surface area contributed by atoms with Gasteiger partial charge in [-0.25, -0.2) is 12.7 Å². The molecule has 4 rings (SSSR count). The molecule has 1 aromatic heterocycles. The highest BCUT2D eigenvalue weighted by atomic mass is 32.2. The van der Waals surface area contributed by atoms with Gasteiger partial charge >= 0.3 is 0 Å². The second-order valence-corrected chi connectivity index (χ2v) is 11.7. The molecule has 0 aliphatic rings. The van der Waals surface area contributed by atoms with E-state index in [1.54, 1.807) is 36.4 Å². The molecule has 0 unspecified atom stereocenters. The second kappa shape index (κ2) is 11.8. The predicted molar refractivity (Wildman–Crippen MR) is 154 cm³/mol. The molecule has 0 spiro atoms. The lowest BCUT2D eigenvalue weighted by Gasteiger charge is -2.31. The zero-order chi connectivity index (χ0) is 28.2. The first-order valence-electron chi connectivity index (χ1n) is 12.2. The molecule has 0 aliphatic heterocycles. The summed E-state index contributed by atoms with van der Waals surface area (Å²) in [6.07, 6.45) is 0.309. The van der Waals surface area contributed by atoms with Crippen LogP contribution in [0.5, 0.6) is 0 Å². The molecule has 0 saturated carbocycles. The van der Waals surface area contributed by atoms with Gasteiger partial charge in [0, 0.05) is 23.1 Å². The van der Waals surface area contributed by atoms with Crippen molar-refractivity contribution in [3.8, 4) is 0 Å². The first kappa shape index (κ1) is 28.0. The number of nitrogens with zero attached hydrogens (tertiary/aromatic N) is 2.